The second-order valence-corrected chi connectivity index (χ2v) is 15.4. The Morgan fingerprint density at radius 1 is 1.04 bits per heavy atom. The Balaban J connectivity index is 1.15. The molecule has 4 saturated heterocycles. The summed E-state index contributed by atoms with van der Waals surface area (Å²) < 4.78 is 6.74. The fourth-order valence-corrected chi connectivity index (χ4v) is 9.07. The second-order valence-electron chi connectivity index (χ2n) is 15.4. The fourth-order valence-electron chi connectivity index (χ4n) is 9.07. The highest BCUT2D eigenvalue weighted by Crippen LogP contribution is 2.53. The van der Waals surface area contributed by atoms with Gasteiger partial charge in [-0.25, -0.2) is 4.98 Å². The van der Waals surface area contributed by atoms with Gasteiger partial charge in [0.05, 0.1) is 18.3 Å². The molecule has 10 nitrogen and oxygen atoms in total. The minimum atomic E-state index is 0.0466. The van der Waals surface area contributed by atoms with E-state index in [9.17, 15) is 4.79 Å². The number of H-pyrrole nitrogens is 1. The molecule has 4 aromatic rings. The van der Waals surface area contributed by atoms with E-state index in [1.165, 1.54) is 73.6 Å². The average Bonchev–Trinajstić information content (AvgIpc) is 3.58. The maximum atomic E-state index is 12.2. The minimum absolute atomic E-state index is 0.0466. The molecule has 0 atom stereocenters. The third-order valence-corrected chi connectivity index (χ3v) is 12.0. The monoisotopic (exact) mass is 660 g/mol. The first kappa shape index (κ1) is 30.8. The van der Waals surface area contributed by atoms with Crippen molar-refractivity contribution in [3.05, 3.63) is 48.2 Å². The lowest BCUT2D eigenvalue weighted by Gasteiger charge is -2.54. The molecule has 1 N–H and O–H groups in total. The Kier molecular flexibility index (Phi) is 7.56. The number of aromatic amines is 1. The van der Waals surface area contributed by atoms with Gasteiger partial charge in [-0.3, -0.25) is 9.89 Å². The summed E-state index contributed by atoms with van der Waals surface area (Å²) in [5.74, 6) is 3.91. The molecule has 0 radical (unpaired) electrons. The lowest BCUT2D eigenvalue weighted by atomic mass is 9.72. The second kappa shape index (κ2) is 12.0. The van der Waals surface area contributed by atoms with Crippen molar-refractivity contribution in [3.63, 3.8) is 0 Å². The number of likely N-dealkylation sites (tertiary alicyclic amines) is 2. The Morgan fingerprint density at radius 2 is 1.82 bits per heavy atom. The fraction of sp³-hybridized carbons (Fsp3) is 0.538. The van der Waals surface area contributed by atoms with Gasteiger partial charge >= 0.3 is 0 Å². The van der Waals surface area contributed by atoms with Crippen molar-refractivity contribution in [2.75, 3.05) is 75.3 Å². The first-order valence-electron chi connectivity index (χ1n) is 18.5. The van der Waals surface area contributed by atoms with Gasteiger partial charge in [0.1, 0.15) is 11.3 Å². The Labute approximate surface area is 288 Å². The van der Waals surface area contributed by atoms with Gasteiger partial charge in [-0.15, -0.1) is 0 Å². The van der Waals surface area contributed by atoms with Crippen LogP contribution in [0.15, 0.2) is 37.1 Å². The number of nitrogens with zero attached hydrogens (tertiary/aromatic N) is 7. The number of aryl methyl sites for hydroxylation is 1. The van der Waals surface area contributed by atoms with Crippen molar-refractivity contribution in [3.8, 4) is 16.9 Å². The minimum Gasteiger partial charge on any atom is -0.491 e. The summed E-state index contributed by atoms with van der Waals surface area (Å²) in [6, 6.07) is 6.72. The molecule has 0 bridgehead atoms. The number of carbonyl (C=O) groups excluding carboxylic acids is 1. The van der Waals surface area contributed by atoms with Gasteiger partial charge in [-0.1, -0.05) is 12.6 Å². The van der Waals surface area contributed by atoms with Crippen molar-refractivity contribution in [2.45, 2.75) is 58.3 Å². The van der Waals surface area contributed by atoms with Crippen molar-refractivity contribution in [2.24, 2.45) is 11.3 Å². The van der Waals surface area contributed by atoms with Gasteiger partial charge in [-0.2, -0.15) is 10.1 Å². The van der Waals surface area contributed by atoms with E-state index in [2.05, 4.69) is 63.5 Å². The van der Waals surface area contributed by atoms with E-state index in [1.54, 1.807) is 0 Å². The number of anilines is 2. The number of amides is 1. The maximum Gasteiger partial charge on any atom is 0.245 e. The third-order valence-electron chi connectivity index (χ3n) is 12.0. The molecule has 1 amide bonds. The normalized spacial score (nSPS) is 21.1. The molecule has 2 aromatic heterocycles. The van der Waals surface area contributed by atoms with Crippen LogP contribution in [0.4, 0.5) is 11.8 Å². The highest BCUT2D eigenvalue weighted by Gasteiger charge is 2.46. The molecule has 256 valence electrons. The molecule has 4 aliphatic heterocycles. The molecule has 0 unspecified atom stereocenters. The molecular weight excluding hydrogens is 612 g/mol. The standard InChI is InChI=1S/C39H48N8O2/c1-4-32(48)47-23-39(24-47)12-16-45(17-13-39)37-29-18-28(27-9-10-27)34(33-25(3)8-11-31-30(33)19-40-43-31)36(49-5-2)35(29)41-38(42-37)46-21-26(22-46)20-44-14-6-7-15-44/h4,8,11,18-19,26-27H,1,5-7,9-10,12-17,20-24H2,2-3H3,(H,40,43). The molecule has 9 rings (SSSR count). The number of carbonyl (C=O) groups is 1. The van der Waals surface area contributed by atoms with Gasteiger partial charge < -0.3 is 24.3 Å². The van der Waals surface area contributed by atoms with E-state index in [0.29, 0.717) is 18.4 Å². The van der Waals surface area contributed by atoms with Crippen LogP contribution < -0.4 is 14.5 Å². The zero-order chi connectivity index (χ0) is 33.3. The Bertz CT molecular complexity index is 1920. The van der Waals surface area contributed by atoms with Crippen LogP contribution in [0.2, 0.25) is 0 Å². The lowest BCUT2D eigenvalue weighted by molar-refractivity contribution is -0.139. The summed E-state index contributed by atoms with van der Waals surface area (Å²) in [5, 5.41) is 9.85. The van der Waals surface area contributed by atoms with Crippen LogP contribution in [0.5, 0.6) is 5.75 Å². The van der Waals surface area contributed by atoms with Crippen LogP contribution >= 0.6 is 0 Å². The number of benzene rings is 2. The zero-order valence-electron chi connectivity index (χ0n) is 29.0. The molecular formula is C39H48N8O2. The van der Waals surface area contributed by atoms with E-state index in [0.717, 1.165) is 91.4 Å². The van der Waals surface area contributed by atoms with E-state index in [4.69, 9.17) is 14.7 Å². The molecule has 2 aromatic carbocycles. The summed E-state index contributed by atoms with van der Waals surface area (Å²) in [4.78, 5) is 32.5. The van der Waals surface area contributed by atoms with E-state index in [1.807, 2.05) is 11.1 Å². The number of nitrogens with one attached hydrogen (secondary N) is 1. The van der Waals surface area contributed by atoms with Crippen molar-refractivity contribution < 1.29 is 9.53 Å². The van der Waals surface area contributed by atoms with Gasteiger partial charge in [0.25, 0.3) is 0 Å². The van der Waals surface area contributed by atoms with Crippen molar-refractivity contribution in [1.29, 1.82) is 0 Å². The third kappa shape index (κ3) is 5.34. The molecule has 5 aliphatic rings. The van der Waals surface area contributed by atoms with E-state index < -0.39 is 0 Å². The number of fused-ring (bicyclic) bond motifs is 2. The summed E-state index contributed by atoms with van der Waals surface area (Å²) in [5.41, 5.74) is 7.06. The molecule has 10 heteroatoms. The molecule has 1 aliphatic carbocycles. The van der Waals surface area contributed by atoms with Gasteiger partial charge in [0, 0.05) is 73.5 Å². The van der Waals surface area contributed by atoms with Crippen LogP contribution in [0.3, 0.4) is 0 Å². The zero-order valence-corrected chi connectivity index (χ0v) is 29.0. The van der Waals surface area contributed by atoms with Crippen LogP contribution in [0.25, 0.3) is 32.9 Å². The van der Waals surface area contributed by atoms with E-state index in [-0.39, 0.29) is 11.3 Å². The highest BCUT2D eigenvalue weighted by atomic mass is 16.5. The van der Waals surface area contributed by atoms with Gasteiger partial charge in [0.2, 0.25) is 11.9 Å². The van der Waals surface area contributed by atoms with Crippen molar-refractivity contribution in [1.82, 2.24) is 30.0 Å². The molecule has 1 spiro atoms. The predicted octanol–water partition coefficient (Wildman–Crippen LogP) is 5.90. The number of ether oxygens (including phenoxy) is 1. The SMILES string of the molecule is C=CC(=O)N1CC2(CCN(c3nc(N4CC(CN5CCCC5)C4)nc4c(OCC)c(-c5c(C)ccc6[nH]ncc56)c(C5CC5)cc34)CC2)C1. The smallest absolute Gasteiger partial charge is 0.245 e. The number of hydrogen-bond acceptors (Lipinski definition) is 8. The van der Waals surface area contributed by atoms with E-state index >= 15 is 0 Å². The lowest BCUT2D eigenvalue weighted by Crippen LogP contribution is -2.61. The molecule has 1 saturated carbocycles. The summed E-state index contributed by atoms with van der Waals surface area (Å²) in [7, 11) is 0. The first-order valence-corrected chi connectivity index (χ1v) is 18.5. The number of piperidine rings is 1. The van der Waals surface area contributed by atoms with Crippen molar-refractivity contribution >= 4 is 39.5 Å². The maximum absolute atomic E-state index is 12.2. The molecule has 5 fully saturated rings. The van der Waals surface area contributed by atoms with Gasteiger partial charge in [0.15, 0.2) is 5.75 Å². The average molecular weight is 661 g/mol. The summed E-state index contributed by atoms with van der Waals surface area (Å²) in [6.07, 6.45) is 10.5. The first-order chi connectivity index (χ1) is 23.9. The number of hydrogen-bond donors (Lipinski definition) is 1. The number of rotatable bonds is 9. The van der Waals surface area contributed by atoms with Crippen LogP contribution in [0, 0.1) is 18.3 Å². The van der Waals surface area contributed by atoms with Crippen LogP contribution in [-0.4, -0.2) is 101 Å². The highest BCUT2D eigenvalue weighted by molar-refractivity contribution is 6.06. The largest absolute Gasteiger partial charge is 0.491 e. The molecule has 6 heterocycles. The molecule has 49 heavy (non-hydrogen) atoms. The summed E-state index contributed by atoms with van der Waals surface area (Å²) in [6.45, 7) is 17.6. The quantitative estimate of drug-likeness (QED) is 0.222. The predicted molar refractivity (Wildman–Crippen MR) is 195 cm³/mol. The Morgan fingerprint density at radius 3 is 2.53 bits per heavy atom. The Hall–Kier alpha value is -4.18. The topological polar surface area (TPSA) is 93.7 Å². The summed E-state index contributed by atoms with van der Waals surface area (Å²) >= 11 is 0. The van der Waals surface area contributed by atoms with Crippen LogP contribution in [0.1, 0.15) is 62.5 Å². The van der Waals surface area contributed by atoms with Crippen LogP contribution in [-0.2, 0) is 4.79 Å². The number of aromatic nitrogens is 4. The van der Waals surface area contributed by atoms with Gasteiger partial charge in [-0.05, 0) is 106 Å².